The maximum absolute atomic E-state index is 12.5. The van der Waals surface area contributed by atoms with Crippen molar-refractivity contribution in [2.45, 2.75) is 16.0 Å². The molecule has 3 rings (SSSR count). The molecular formula is C15H14N2O3S3. The molecule has 120 valence electrons. The first-order valence-electron chi connectivity index (χ1n) is 6.68. The van der Waals surface area contributed by atoms with Gasteiger partial charge in [0.15, 0.2) is 5.76 Å². The van der Waals surface area contributed by atoms with Crippen molar-refractivity contribution in [3.63, 3.8) is 0 Å². The molecule has 0 bridgehead atoms. The maximum atomic E-state index is 12.5. The Morgan fingerprint density at radius 3 is 2.74 bits per heavy atom. The van der Waals surface area contributed by atoms with Crippen molar-refractivity contribution in [3.05, 3.63) is 48.2 Å². The quantitative estimate of drug-likeness (QED) is 0.684. The Labute approximate surface area is 142 Å². The molecule has 0 saturated heterocycles. The first kappa shape index (κ1) is 16.1. The van der Waals surface area contributed by atoms with Crippen LogP contribution in [0.15, 0.2) is 56.1 Å². The summed E-state index contributed by atoms with van der Waals surface area (Å²) in [5.74, 6) is 0.568. The normalized spacial score (nSPS) is 11.6. The Morgan fingerprint density at radius 2 is 2.04 bits per heavy atom. The molecule has 0 fully saturated rings. The number of anilines is 1. The summed E-state index contributed by atoms with van der Waals surface area (Å²) >= 11 is 2.70. The van der Waals surface area contributed by atoms with Crippen molar-refractivity contribution in [1.82, 2.24) is 5.16 Å². The van der Waals surface area contributed by atoms with Crippen LogP contribution in [0.4, 0.5) is 5.69 Å². The zero-order valence-corrected chi connectivity index (χ0v) is 14.9. The number of nitrogens with one attached hydrogen (secondary N) is 1. The fourth-order valence-electron chi connectivity index (χ4n) is 1.97. The molecule has 0 unspecified atom stereocenters. The van der Waals surface area contributed by atoms with Crippen LogP contribution in [0.3, 0.4) is 0 Å². The van der Waals surface area contributed by atoms with Gasteiger partial charge in [0.25, 0.3) is 10.0 Å². The first-order valence-corrected chi connectivity index (χ1v) is 10.2. The average Bonchev–Trinajstić information content (AvgIpc) is 3.16. The van der Waals surface area contributed by atoms with Crippen LogP contribution >= 0.6 is 23.1 Å². The van der Waals surface area contributed by atoms with Crippen LogP contribution in [-0.4, -0.2) is 19.8 Å². The number of hydrogen-bond acceptors (Lipinski definition) is 6. The Bertz CT molecular complexity index is 929. The van der Waals surface area contributed by atoms with E-state index in [0.717, 1.165) is 26.8 Å². The molecule has 1 aromatic carbocycles. The van der Waals surface area contributed by atoms with E-state index < -0.39 is 10.0 Å². The molecule has 2 aromatic heterocycles. The lowest BCUT2D eigenvalue weighted by atomic mass is 10.3. The van der Waals surface area contributed by atoms with Gasteiger partial charge in [-0.25, -0.2) is 8.42 Å². The maximum Gasteiger partial charge on any atom is 0.271 e. The number of sulfonamides is 1. The van der Waals surface area contributed by atoms with Crippen molar-refractivity contribution >= 4 is 38.8 Å². The van der Waals surface area contributed by atoms with Gasteiger partial charge in [-0.2, -0.15) is 0 Å². The molecule has 8 heteroatoms. The Hall–Kier alpha value is -1.77. The van der Waals surface area contributed by atoms with Gasteiger partial charge in [0.1, 0.15) is 4.21 Å². The van der Waals surface area contributed by atoms with E-state index in [1.54, 1.807) is 42.1 Å². The molecule has 0 aliphatic heterocycles. The first-order chi connectivity index (χ1) is 11.0. The average molecular weight is 366 g/mol. The molecule has 0 aliphatic rings. The standard InChI is InChI=1S/C15H14N2O3S3/c1-10-8-13(20-16-10)14-6-7-15(22-14)23(18,19)17-11-4-3-5-12(9-11)21-2/h3-9,17H,1-2H3. The highest BCUT2D eigenvalue weighted by atomic mass is 32.2. The molecule has 2 heterocycles. The number of aromatic nitrogens is 1. The second-order valence-electron chi connectivity index (χ2n) is 4.79. The summed E-state index contributed by atoms with van der Waals surface area (Å²) in [6.45, 7) is 1.82. The Morgan fingerprint density at radius 1 is 1.22 bits per heavy atom. The Balaban J connectivity index is 1.86. The van der Waals surface area contributed by atoms with Crippen LogP contribution in [0.5, 0.6) is 0 Å². The zero-order valence-electron chi connectivity index (χ0n) is 12.4. The number of thiophene rings is 1. The molecule has 0 amide bonds. The molecule has 3 aromatic rings. The van der Waals surface area contributed by atoms with E-state index in [9.17, 15) is 8.42 Å². The molecule has 5 nitrogen and oxygen atoms in total. The minimum atomic E-state index is -3.62. The lowest BCUT2D eigenvalue weighted by Gasteiger charge is -2.07. The van der Waals surface area contributed by atoms with E-state index in [1.807, 2.05) is 25.3 Å². The van der Waals surface area contributed by atoms with Gasteiger partial charge in [-0.3, -0.25) is 4.72 Å². The second kappa shape index (κ2) is 6.38. The smallest absolute Gasteiger partial charge is 0.271 e. The van der Waals surface area contributed by atoms with Crippen molar-refractivity contribution < 1.29 is 12.9 Å². The summed E-state index contributed by atoms with van der Waals surface area (Å²) in [6, 6.07) is 12.3. The number of nitrogens with zero attached hydrogens (tertiary/aromatic N) is 1. The van der Waals surface area contributed by atoms with Crippen molar-refractivity contribution in [3.8, 4) is 10.6 Å². The zero-order chi connectivity index (χ0) is 16.4. The third-order valence-electron chi connectivity index (χ3n) is 3.04. The van der Waals surface area contributed by atoms with E-state index >= 15 is 0 Å². The summed E-state index contributed by atoms with van der Waals surface area (Å²) in [5, 5.41) is 3.82. The highest BCUT2D eigenvalue weighted by Crippen LogP contribution is 2.32. The lowest BCUT2D eigenvalue weighted by Crippen LogP contribution is -2.11. The fraction of sp³-hybridized carbons (Fsp3) is 0.133. The molecule has 0 aliphatic carbocycles. The number of aryl methyl sites for hydroxylation is 1. The van der Waals surface area contributed by atoms with Crippen LogP contribution in [0.25, 0.3) is 10.6 Å². The van der Waals surface area contributed by atoms with Gasteiger partial charge in [0.05, 0.1) is 10.6 Å². The molecule has 23 heavy (non-hydrogen) atoms. The van der Waals surface area contributed by atoms with Crippen molar-refractivity contribution in [2.24, 2.45) is 0 Å². The SMILES string of the molecule is CSc1cccc(NS(=O)(=O)c2ccc(-c3cc(C)no3)s2)c1. The van der Waals surface area contributed by atoms with E-state index in [1.165, 1.54) is 0 Å². The van der Waals surface area contributed by atoms with E-state index in [2.05, 4.69) is 9.88 Å². The minimum Gasteiger partial charge on any atom is -0.355 e. The molecule has 1 N–H and O–H groups in total. The van der Waals surface area contributed by atoms with Gasteiger partial charge in [-0.1, -0.05) is 11.2 Å². The van der Waals surface area contributed by atoms with Gasteiger partial charge in [-0.05, 0) is 43.5 Å². The minimum absolute atomic E-state index is 0.233. The summed E-state index contributed by atoms with van der Waals surface area (Å²) in [7, 11) is -3.62. The number of benzene rings is 1. The summed E-state index contributed by atoms with van der Waals surface area (Å²) in [4.78, 5) is 1.72. The van der Waals surface area contributed by atoms with Crippen molar-refractivity contribution in [2.75, 3.05) is 11.0 Å². The second-order valence-corrected chi connectivity index (χ2v) is 8.66. The largest absolute Gasteiger partial charge is 0.355 e. The van der Waals surface area contributed by atoms with E-state index in [4.69, 9.17) is 4.52 Å². The molecule has 0 radical (unpaired) electrons. The van der Waals surface area contributed by atoms with Gasteiger partial charge < -0.3 is 4.52 Å². The Kier molecular flexibility index (Phi) is 4.47. The van der Waals surface area contributed by atoms with Crippen molar-refractivity contribution in [1.29, 1.82) is 0 Å². The van der Waals surface area contributed by atoms with Crippen LogP contribution in [-0.2, 0) is 10.0 Å². The van der Waals surface area contributed by atoms with Gasteiger partial charge in [0, 0.05) is 16.6 Å². The molecule has 0 saturated carbocycles. The fourth-order valence-corrected chi connectivity index (χ4v) is 4.73. The number of thioether (sulfide) groups is 1. The highest BCUT2D eigenvalue weighted by molar-refractivity contribution is 7.98. The highest BCUT2D eigenvalue weighted by Gasteiger charge is 2.19. The van der Waals surface area contributed by atoms with Crippen LogP contribution in [0.1, 0.15) is 5.69 Å². The van der Waals surface area contributed by atoms with Crippen LogP contribution in [0, 0.1) is 6.92 Å². The summed E-state index contributed by atoms with van der Waals surface area (Å²) < 4.78 is 33.0. The monoisotopic (exact) mass is 366 g/mol. The summed E-state index contributed by atoms with van der Waals surface area (Å²) in [5.41, 5.74) is 1.30. The topological polar surface area (TPSA) is 72.2 Å². The van der Waals surface area contributed by atoms with Gasteiger partial charge in [0.2, 0.25) is 0 Å². The molecule has 0 spiro atoms. The van der Waals surface area contributed by atoms with Gasteiger partial charge >= 0.3 is 0 Å². The predicted molar refractivity (Wildman–Crippen MR) is 93.6 cm³/mol. The van der Waals surface area contributed by atoms with Gasteiger partial charge in [-0.15, -0.1) is 23.1 Å². The molecule has 0 atom stereocenters. The molecular weight excluding hydrogens is 352 g/mol. The van der Waals surface area contributed by atoms with E-state index in [-0.39, 0.29) is 4.21 Å². The summed E-state index contributed by atoms with van der Waals surface area (Å²) in [6.07, 6.45) is 1.94. The lowest BCUT2D eigenvalue weighted by molar-refractivity contribution is 0.428. The third-order valence-corrected chi connectivity index (χ3v) is 6.74. The third kappa shape index (κ3) is 3.60. The number of rotatable bonds is 5. The van der Waals surface area contributed by atoms with Crippen LogP contribution in [0.2, 0.25) is 0 Å². The number of hydrogen-bond donors (Lipinski definition) is 1. The van der Waals surface area contributed by atoms with E-state index in [0.29, 0.717) is 11.4 Å². The van der Waals surface area contributed by atoms with Crippen LogP contribution < -0.4 is 4.72 Å². The predicted octanol–water partition coefficient (Wildman–Crippen LogP) is 4.23.